The molecule has 0 aliphatic heterocycles. The van der Waals surface area contributed by atoms with Gasteiger partial charge in [-0.15, -0.1) is 0 Å². The molecule has 0 amide bonds. The van der Waals surface area contributed by atoms with Crippen molar-refractivity contribution in [3.8, 4) is 11.3 Å². The highest BCUT2D eigenvalue weighted by molar-refractivity contribution is 5.60. The second-order valence-electron chi connectivity index (χ2n) is 5.59. The first-order valence-corrected chi connectivity index (χ1v) is 7.54. The number of hydrogen-bond acceptors (Lipinski definition) is 4. The van der Waals surface area contributed by atoms with Gasteiger partial charge < -0.3 is 10.2 Å². The molecular weight excluding hydrogens is 262 g/mol. The van der Waals surface area contributed by atoms with E-state index in [0.717, 1.165) is 43.0 Å². The molecule has 2 N–H and O–H groups in total. The fraction of sp³-hybridized carbons (Fsp3) is 0.500. The van der Waals surface area contributed by atoms with Crippen molar-refractivity contribution in [2.75, 3.05) is 20.1 Å². The van der Waals surface area contributed by atoms with Gasteiger partial charge in [0.15, 0.2) is 0 Å². The van der Waals surface area contributed by atoms with E-state index in [1.54, 1.807) is 0 Å². The average Bonchev–Trinajstić information content (AvgIpc) is 2.96. The van der Waals surface area contributed by atoms with Crippen molar-refractivity contribution >= 4 is 0 Å². The van der Waals surface area contributed by atoms with Crippen molar-refractivity contribution in [1.82, 2.24) is 25.6 Å². The Hall–Kier alpha value is -1.72. The van der Waals surface area contributed by atoms with Crippen molar-refractivity contribution in [3.63, 3.8) is 0 Å². The summed E-state index contributed by atoms with van der Waals surface area (Å²) >= 11 is 0. The minimum absolute atomic E-state index is 0.602. The molecule has 0 radical (unpaired) electrons. The summed E-state index contributed by atoms with van der Waals surface area (Å²) in [6, 6.07) is 10.8. The Kier molecular flexibility index (Phi) is 5.90. The summed E-state index contributed by atoms with van der Waals surface area (Å²) in [7, 11) is 2.16. The fourth-order valence-electron chi connectivity index (χ4n) is 2.12. The van der Waals surface area contributed by atoms with Crippen LogP contribution in [-0.4, -0.2) is 46.5 Å². The normalized spacial score (nSPS) is 11.5. The molecule has 0 aliphatic carbocycles. The van der Waals surface area contributed by atoms with E-state index in [0.29, 0.717) is 6.04 Å². The lowest BCUT2D eigenvalue weighted by molar-refractivity contribution is 0.269. The zero-order valence-corrected chi connectivity index (χ0v) is 13.1. The first kappa shape index (κ1) is 15.7. The third-order valence-corrected chi connectivity index (χ3v) is 3.71. The van der Waals surface area contributed by atoms with Gasteiger partial charge in [-0.2, -0.15) is 15.4 Å². The quantitative estimate of drug-likeness (QED) is 0.731. The molecule has 0 saturated heterocycles. The number of aromatic nitrogens is 3. The highest BCUT2D eigenvalue weighted by atomic mass is 15.3. The predicted molar refractivity (Wildman–Crippen MR) is 85.9 cm³/mol. The van der Waals surface area contributed by atoms with Gasteiger partial charge >= 0.3 is 0 Å². The molecule has 1 aromatic heterocycles. The molecule has 2 rings (SSSR count). The van der Waals surface area contributed by atoms with Gasteiger partial charge in [0, 0.05) is 18.2 Å². The van der Waals surface area contributed by atoms with Crippen LogP contribution in [-0.2, 0) is 6.54 Å². The van der Waals surface area contributed by atoms with E-state index < -0.39 is 0 Å². The molecule has 0 saturated carbocycles. The summed E-state index contributed by atoms with van der Waals surface area (Å²) in [5, 5.41) is 14.7. The number of benzene rings is 1. The third-order valence-electron chi connectivity index (χ3n) is 3.71. The van der Waals surface area contributed by atoms with Crippen LogP contribution < -0.4 is 5.32 Å². The molecular formula is C16H25N5. The minimum atomic E-state index is 0.602. The van der Waals surface area contributed by atoms with Crippen molar-refractivity contribution < 1.29 is 0 Å². The standard InChI is InChI=1S/C16H25N5/c1-13(2)21(3)11-7-10-17-12-15-16(19-20-18-15)14-8-5-4-6-9-14/h4-6,8-9,13,17H,7,10-12H2,1-3H3,(H,18,19,20). The monoisotopic (exact) mass is 287 g/mol. The lowest BCUT2D eigenvalue weighted by Gasteiger charge is -2.20. The zero-order valence-electron chi connectivity index (χ0n) is 13.1. The second kappa shape index (κ2) is 7.90. The van der Waals surface area contributed by atoms with Gasteiger partial charge in [-0.05, 0) is 40.4 Å². The predicted octanol–water partition coefficient (Wildman–Crippen LogP) is 2.29. The van der Waals surface area contributed by atoms with Gasteiger partial charge in [0.2, 0.25) is 0 Å². The molecule has 0 unspecified atom stereocenters. The van der Waals surface area contributed by atoms with Gasteiger partial charge in [-0.3, -0.25) is 0 Å². The van der Waals surface area contributed by atoms with E-state index in [2.05, 4.69) is 58.7 Å². The lowest BCUT2D eigenvalue weighted by atomic mass is 10.1. The molecule has 0 spiro atoms. The van der Waals surface area contributed by atoms with Crippen LogP contribution in [0.1, 0.15) is 26.0 Å². The van der Waals surface area contributed by atoms with Crippen molar-refractivity contribution in [2.45, 2.75) is 32.9 Å². The van der Waals surface area contributed by atoms with E-state index in [9.17, 15) is 0 Å². The molecule has 1 heterocycles. The molecule has 0 fully saturated rings. The maximum atomic E-state index is 4.25. The summed E-state index contributed by atoms with van der Waals surface area (Å²) in [6.45, 7) is 7.27. The Balaban J connectivity index is 1.79. The maximum absolute atomic E-state index is 4.25. The fourth-order valence-corrected chi connectivity index (χ4v) is 2.12. The average molecular weight is 287 g/mol. The lowest BCUT2D eigenvalue weighted by Crippen LogP contribution is -2.29. The minimum Gasteiger partial charge on any atom is -0.311 e. The molecule has 114 valence electrons. The number of H-pyrrole nitrogens is 1. The van der Waals surface area contributed by atoms with Crippen LogP contribution in [0.25, 0.3) is 11.3 Å². The Morgan fingerprint density at radius 3 is 2.67 bits per heavy atom. The summed E-state index contributed by atoms with van der Waals surface area (Å²) in [6.07, 6.45) is 1.13. The Labute approximate surface area is 126 Å². The number of rotatable bonds is 8. The Bertz CT molecular complexity index is 520. The van der Waals surface area contributed by atoms with Crippen LogP contribution in [0.5, 0.6) is 0 Å². The summed E-state index contributed by atoms with van der Waals surface area (Å²) in [5.74, 6) is 0. The van der Waals surface area contributed by atoms with Gasteiger partial charge in [0.1, 0.15) is 11.4 Å². The zero-order chi connectivity index (χ0) is 15.1. The Morgan fingerprint density at radius 2 is 1.95 bits per heavy atom. The van der Waals surface area contributed by atoms with Crippen LogP contribution in [0.2, 0.25) is 0 Å². The molecule has 21 heavy (non-hydrogen) atoms. The first-order valence-electron chi connectivity index (χ1n) is 7.54. The van der Waals surface area contributed by atoms with E-state index >= 15 is 0 Å². The molecule has 0 atom stereocenters. The highest BCUT2D eigenvalue weighted by Crippen LogP contribution is 2.18. The van der Waals surface area contributed by atoms with Gasteiger partial charge in [0.25, 0.3) is 0 Å². The third kappa shape index (κ3) is 4.65. The van der Waals surface area contributed by atoms with Crippen LogP contribution in [0.3, 0.4) is 0 Å². The van der Waals surface area contributed by atoms with Crippen molar-refractivity contribution in [3.05, 3.63) is 36.0 Å². The number of nitrogens with zero attached hydrogens (tertiary/aromatic N) is 3. The van der Waals surface area contributed by atoms with Crippen molar-refractivity contribution in [2.24, 2.45) is 0 Å². The molecule has 5 heteroatoms. The molecule has 1 aromatic carbocycles. The molecule has 5 nitrogen and oxygen atoms in total. The molecule has 2 aromatic rings. The van der Waals surface area contributed by atoms with Gasteiger partial charge in [0.05, 0.1) is 0 Å². The van der Waals surface area contributed by atoms with Gasteiger partial charge in [-0.1, -0.05) is 30.3 Å². The van der Waals surface area contributed by atoms with Crippen molar-refractivity contribution in [1.29, 1.82) is 0 Å². The van der Waals surface area contributed by atoms with Crippen LogP contribution in [0, 0.1) is 0 Å². The molecule has 0 aliphatic rings. The summed E-state index contributed by atoms with van der Waals surface area (Å²) in [4.78, 5) is 2.35. The van der Waals surface area contributed by atoms with Gasteiger partial charge in [-0.25, -0.2) is 0 Å². The number of aromatic amines is 1. The van der Waals surface area contributed by atoms with E-state index in [-0.39, 0.29) is 0 Å². The highest BCUT2D eigenvalue weighted by Gasteiger charge is 2.09. The Morgan fingerprint density at radius 1 is 1.19 bits per heavy atom. The van der Waals surface area contributed by atoms with E-state index in [1.165, 1.54) is 0 Å². The molecule has 0 bridgehead atoms. The SMILES string of the molecule is CC(C)N(C)CCCNCc1n[nH]nc1-c1ccccc1. The summed E-state index contributed by atoms with van der Waals surface area (Å²) < 4.78 is 0. The second-order valence-corrected chi connectivity index (χ2v) is 5.59. The smallest absolute Gasteiger partial charge is 0.117 e. The van der Waals surface area contributed by atoms with Crippen LogP contribution in [0.4, 0.5) is 0 Å². The van der Waals surface area contributed by atoms with E-state index in [1.807, 2.05) is 18.2 Å². The summed E-state index contributed by atoms with van der Waals surface area (Å²) in [5.41, 5.74) is 3.00. The van der Waals surface area contributed by atoms with Crippen LogP contribution >= 0.6 is 0 Å². The van der Waals surface area contributed by atoms with Crippen LogP contribution in [0.15, 0.2) is 30.3 Å². The number of nitrogens with one attached hydrogen (secondary N) is 2. The largest absolute Gasteiger partial charge is 0.311 e. The number of hydrogen-bond donors (Lipinski definition) is 2. The maximum Gasteiger partial charge on any atom is 0.117 e. The topological polar surface area (TPSA) is 56.8 Å². The first-order chi connectivity index (χ1) is 10.2. The van der Waals surface area contributed by atoms with E-state index in [4.69, 9.17) is 0 Å².